The van der Waals surface area contributed by atoms with Crippen molar-refractivity contribution in [3.8, 4) is 0 Å². The van der Waals surface area contributed by atoms with Crippen molar-refractivity contribution in [3.63, 3.8) is 0 Å². The quantitative estimate of drug-likeness (QED) is 0.0324. The van der Waals surface area contributed by atoms with E-state index in [1.54, 1.807) is 7.05 Å². The summed E-state index contributed by atoms with van der Waals surface area (Å²) < 4.78 is 0. The Morgan fingerprint density at radius 2 is 1.18 bits per heavy atom. The lowest BCUT2D eigenvalue weighted by Crippen LogP contribution is -2.47. The zero-order valence-electron chi connectivity index (χ0n) is 33.8. The van der Waals surface area contributed by atoms with Crippen LogP contribution in [0.1, 0.15) is 88.7 Å². The summed E-state index contributed by atoms with van der Waals surface area (Å²) in [5.41, 5.74) is 23.6. The molecule has 0 aliphatic rings. The Bertz CT molecular complexity index is 1560. The molecule has 0 saturated carbocycles. The Kier molecular flexibility index (Phi) is 23.6. The number of rotatable bonds is 30. The van der Waals surface area contributed by atoms with Gasteiger partial charge in [-0.15, -0.1) is 0 Å². The maximum absolute atomic E-state index is 14.2. The number of nitrogens with zero attached hydrogens (tertiary/aromatic N) is 2. The first-order valence-electron chi connectivity index (χ1n) is 20.2. The number of likely N-dealkylation sites (N-methyl/N-ethyl adjacent to an activating group) is 1. The highest BCUT2D eigenvalue weighted by atomic mass is 16.2. The van der Waals surface area contributed by atoms with Gasteiger partial charge in [0.05, 0.1) is 12.1 Å². The minimum absolute atomic E-state index is 0.0176. The maximum atomic E-state index is 14.2. The lowest BCUT2D eigenvalue weighted by molar-refractivity contribution is -0.134. The average molecular weight is 791 g/mol. The third-order valence-corrected chi connectivity index (χ3v) is 9.59. The molecule has 0 aliphatic heterocycles. The number of guanidine groups is 2. The van der Waals surface area contributed by atoms with Crippen LogP contribution in [0.5, 0.6) is 0 Å². The second-order valence-corrected chi connectivity index (χ2v) is 14.4. The van der Waals surface area contributed by atoms with Crippen LogP contribution >= 0.6 is 0 Å². The number of aliphatic imine (C=N–C) groups is 2. The Labute approximate surface area is 338 Å². The van der Waals surface area contributed by atoms with E-state index in [2.05, 4.69) is 31.3 Å². The molecule has 57 heavy (non-hydrogen) atoms. The number of unbranched alkanes of at least 4 members (excludes halogenated alkanes) is 2. The van der Waals surface area contributed by atoms with Gasteiger partial charge in [-0.05, 0) is 76.0 Å². The summed E-state index contributed by atoms with van der Waals surface area (Å²) in [6.45, 7) is 3.72. The molecule has 0 fully saturated rings. The molecule has 0 aliphatic carbocycles. The molecule has 0 radical (unpaired) electrons. The fraction of sp³-hybridized carbons (Fsp3) is 0.548. The summed E-state index contributed by atoms with van der Waals surface area (Å²) in [7, 11) is 1.70. The Balaban J connectivity index is 2.26. The number of carbonyl (C=O) groups excluding carboxylic acids is 5. The lowest BCUT2D eigenvalue weighted by atomic mass is 9.88. The van der Waals surface area contributed by atoms with Gasteiger partial charge in [0.2, 0.25) is 17.7 Å². The summed E-state index contributed by atoms with van der Waals surface area (Å²) in [6.07, 6.45) is 5.63. The van der Waals surface area contributed by atoms with Gasteiger partial charge in [-0.1, -0.05) is 74.0 Å². The van der Waals surface area contributed by atoms with Gasteiger partial charge in [-0.2, -0.15) is 0 Å². The molecular weight excluding hydrogens is 725 g/mol. The molecule has 3 amide bonds. The van der Waals surface area contributed by atoms with Crippen molar-refractivity contribution in [3.05, 3.63) is 71.8 Å². The molecular formula is C42H66N10O5. The Morgan fingerprint density at radius 3 is 1.75 bits per heavy atom. The number of hydrogen-bond donors (Lipinski definition) is 8. The summed E-state index contributed by atoms with van der Waals surface area (Å²) >= 11 is 0. The Hall–Kier alpha value is -5.31. The first kappa shape index (κ1) is 47.8. The lowest BCUT2D eigenvalue weighted by Gasteiger charge is -2.25. The van der Waals surface area contributed by atoms with Crippen molar-refractivity contribution in [2.45, 2.75) is 102 Å². The highest BCUT2D eigenvalue weighted by Crippen LogP contribution is 2.19. The fourth-order valence-corrected chi connectivity index (χ4v) is 6.45. The van der Waals surface area contributed by atoms with Crippen LogP contribution in [-0.2, 0) is 36.8 Å². The molecule has 2 rings (SSSR count). The van der Waals surface area contributed by atoms with Gasteiger partial charge >= 0.3 is 0 Å². The standard InChI is InChI=1S/C42H66N10O5/c1-3-22-48-38(55)21-11-6-12-23-49-39(56)32(19-13-24-50-41(43)44)28-37(54)35(27-31-17-9-5-10-18-31)52-40(57)33(26-30-15-7-4-8-16-30)29-36(53)34(47-2)20-14-25-51-42(45)46/h4-5,7-10,15-18,32-35,47H,3,6,11-14,19-29H2,1-2H3,(H,48,55)(H,49,56)(H,52,57)(H4,43,44,50)(H4,45,46,51). The Morgan fingerprint density at radius 1 is 0.614 bits per heavy atom. The first-order chi connectivity index (χ1) is 27.4. The van der Waals surface area contributed by atoms with Gasteiger partial charge in [0.15, 0.2) is 23.5 Å². The van der Waals surface area contributed by atoms with Gasteiger partial charge < -0.3 is 44.2 Å². The highest BCUT2D eigenvalue weighted by molar-refractivity contribution is 5.95. The minimum atomic E-state index is -0.959. The maximum Gasteiger partial charge on any atom is 0.224 e. The summed E-state index contributed by atoms with van der Waals surface area (Å²) in [6, 6.07) is 17.3. The number of nitrogens with two attached hydrogens (primary N) is 4. The zero-order chi connectivity index (χ0) is 41.8. The number of Topliss-reactive ketones (excluding diaryl/α,β-unsaturated/α-hetero) is 2. The smallest absolute Gasteiger partial charge is 0.224 e. The fourth-order valence-electron chi connectivity index (χ4n) is 6.45. The van der Waals surface area contributed by atoms with E-state index in [1.807, 2.05) is 67.6 Å². The average Bonchev–Trinajstić information content (AvgIpc) is 3.19. The van der Waals surface area contributed by atoms with Gasteiger partial charge in [0.1, 0.15) is 0 Å². The van der Waals surface area contributed by atoms with Gasteiger partial charge in [-0.25, -0.2) is 0 Å². The number of ketones is 2. The van der Waals surface area contributed by atoms with Crippen molar-refractivity contribution in [2.75, 3.05) is 33.2 Å². The molecule has 15 heteroatoms. The third kappa shape index (κ3) is 21.0. The van der Waals surface area contributed by atoms with Crippen molar-refractivity contribution in [1.29, 1.82) is 0 Å². The van der Waals surface area contributed by atoms with E-state index in [9.17, 15) is 24.0 Å². The zero-order valence-corrected chi connectivity index (χ0v) is 33.8. The number of benzene rings is 2. The molecule has 15 nitrogen and oxygen atoms in total. The van der Waals surface area contributed by atoms with E-state index >= 15 is 0 Å². The molecule has 2 aromatic rings. The molecule has 314 valence electrons. The summed E-state index contributed by atoms with van der Waals surface area (Å²) in [5, 5.41) is 11.9. The molecule has 2 aromatic carbocycles. The van der Waals surface area contributed by atoms with Gasteiger partial charge in [0.25, 0.3) is 0 Å². The van der Waals surface area contributed by atoms with Crippen LogP contribution in [0.4, 0.5) is 0 Å². The van der Waals surface area contributed by atoms with Crippen LogP contribution in [0, 0.1) is 11.8 Å². The predicted octanol–water partition coefficient (Wildman–Crippen LogP) is 2.01. The second kappa shape index (κ2) is 28.1. The van der Waals surface area contributed by atoms with Crippen LogP contribution in [0.25, 0.3) is 0 Å². The molecule has 12 N–H and O–H groups in total. The number of nitrogens with one attached hydrogen (secondary N) is 4. The molecule has 0 aromatic heterocycles. The summed E-state index contributed by atoms with van der Waals surface area (Å²) in [4.78, 5) is 75.6. The van der Waals surface area contributed by atoms with Crippen molar-refractivity contribution >= 4 is 41.2 Å². The van der Waals surface area contributed by atoms with Gasteiger partial charge in [-0.3, -0.25) is 34.0 Å². The van der Waals surface area contributed by atoms with E-state index in [-0.39, 0.29) is 61.0 Å². The van der Waals surface area contributed by atoms with E-state index < -0.39 is 29.8 Å². The molecule has 0 spiro atoms. The monoisotopic (exact) mass is 791 g/mol. The van der Waals surface area contributed by atoms with Crippen LogP contribution in [0.15, 0.2) is 70.6 Å². The molecule has 0 saturated heterocycles. The number of hydrogen-bond acceptors (Lipinski definition) is 8. The predicted molar refractivity (Wildman–Crippen MR) is 226 cm³/mol. The van der Waals surface area contributed by atoms with Gasteiger partial charge in [0, 0.05) is 57.3 Å². The van der Waals surface area contributed by atoms with E-state index in [4.69, 9.17) is 22.9 Å². The molecule has 4 atom stereocenters. The van der Waals surface area contributed by atoms with E-state index in [0.29, 0.717) is 71.1 Å². The number of carbonyl (C=O) groups is 5. The topological polar surface area (TPSA) is 262 Å². The molecule has 0 bridgehead atoms. The van der Waals surface area contributed by atoms with Crippen LogP contribution in [0.3, 0.4) is 0 Å². The van der Waals surface area contributed by atoms with Crippen LogP contribution in [-0.4, -0.2) is 86.5 Å². The largest absolute Gasteiger partial charge is 0.370 e. The molecule has 4 unspecified atom stereocenters. The number of amides is 3. The summed E-state index contributed by atoms with van der Waals surface area (Å²) in [5.74, 6) is -2.65. The van der Waals surface area contributed by atoms with Crippen LogP contribution in [0.2, 0.25) is 0 Å². The molecule has 0 heterocycles. The van der Waals surface area contributed by atoms with Crippen LogP contribution < -0.4 is 44.2 Å². The van der Waals surface area contributed by atoms with Crippen molar-refractivity contribution < 1.29 is 24.0 Å². The highest BCUT2D eigenvalue weighted by Gasteiger charge is 2.32. The third-order valence-electron chi connectivity index (χ3n) is 9.59. The van der Waals surface area contributed by atoms with E-state index in [1.165, 1.54) is 0 Å². The minimum Gasteiger partial charge on any atom is -0.370 e. The first-order valence-corrected chi connectivity index (χ1v) is 20.2. The van der Waals surface area contributed by atoms with Crippen molar-refractivity contribution in [1.82, 2.24) is 21.3 Å². The normalized spacial score (nSPS) is 12.9. The van der Waals surface area contributed by atoms with Crippen molar-refractivity contribution in [2.24, 2.45) is 44.8 Å². The SMILES string of the molecule is CCCNC(=O)CCCCCNC(=O)C(CCCN=C(N)N)CC(=O)C(Cc1ccccc1)NC(=O)C(CC(=O)C(CCCN=C(N)N)NC)Cc1ccccc1. The van der Waals surface area contributed by atoms with E-state index in [0.717, 1.165) is 24.0 Å². The second-order valence-electron chi connectivity index (χ2n) is 14.4.